The van der Waals surface area contributed by atoms with Gasteiger partial charge in [0.25, 0.3) is 0 Å². The van der Waals surface area contributed by atoms with Gasteiger partial charge in [0.2, 0.25) is 0 Å². The van der Waals surface area contributed by atoms with Gasteiger partial charge in [0.05, 0.1) is 25.0 Å². The number of methoxy groups -OCH3 is 2. The van der Waals surface area contributed by atoms with Crippen molar-refractivity contribution in [3.05, 3.63) is 180 Å². The van der Waals surface area contributed by atoms with E-state index in [0.29, 0.717) is 0 Å². The Morgan fingerprint density at radius 3 is 1.19 bits per heavy atom. The van der Waals surface area contributed by atoms with Gasteiger partial charge in [0.15, 0.2) is 0 Å². The minimum absolute atomic E-state index is 0.180. The SMILES string of the molecule is COc1ccc(Nc2ccc(N=[N+]=CN3C(=CCCCCC=C4N(C=[N+]=Nc5ccc(Nc6ccc(OC)cc6)cc5)c5ccccc5C4(C)C)C(C)(C)c4ccccc43)cc2)cc1. The average Bonchev–Trinajstić information content (AvgIpc) is 3.67. The molecule has 322 valence electrons. The number of para-hydroxylation sites is 2. The number of benzene rings is 6. The summed E-state index contributed by atoms with van der Waals surface area (Å²) in [6, 6.07) is 48.8. The number of nitrogens with one attached hydrogen (secondary N) is 2. The number of hydrogen-bond donors (Lipinski definition) is 2. The molecule has 0 spiro atoms. The number of anilines is 6. The molecular formula is C54H56N8O2+2. The lowest BCUT2D eigenvalue weighted by Crippen LogP contribution is -2.25. The molecule has 10 heteroatoms. The number of ether oxygens (including phenoxy) is 2. The maximum atomic E-state index is 5.27. The zero-order chi connectivity index (χ0) is 44.5. The maximum Gasteiger partial charge on any atom is 0.375 e. The predicted molar refractivity (Wildman–Crippen MR) is 261 cm³/mol. The van der Waals surface area contributed by atoms with Crippen LogP contribution in [0, 0.1) is 0 Å². The molecule has 0 saturated carbocycles. The Labute approximate surface area is 376 Å². The molecule has 0 atom stereocenters. The van der Waals surface area contributed by atoms with Gasteiger partial charge < -0.3 is 20.1 Å². The van der Waals surface area contributed by atoms with Crippen LogP contribution in [0.2, 0.25) is 0 Å². The summed E-state index contributed by atoms with van der Waals surface area (Å²) in [7, 11) is 3.34. The normalized spacial score (nSPS) is 15.4. The fraction of sp³-hybridized carbons (Fsp3) is 0.222. The van der Waals surface area contributed by atoms with Crippen LogP contribution in [0.5, 0.6) is 11.5 Å². The summed E-state index contributed by atoms with van der Waals surface area (Å²) < 4.78 is 10.5. The molecule has 2 aliphatic rings. The van der Waals surface area contributed by atoms with E-state index in [4.69, 9.17) is 9.47 Å². The summed E-state index contributed by atoms with van der Waals surface area (Å²) in [6.45, 7) is 9.17. The lowest BCUT2D eigenvalue weighted by Gasteiger charge is -2.19. The molecule has 0 aliphatic carbocycles. The Kier molecular flexibility index (Phi) is 12.9. The van der Waals surface area contributed by atoms with E-state index in [-0.39, 0.29) is 10.8 Å². The number of rotatable bonds is 15. The summed E-state index contributed by atoms with van der Waals surface area (Å²) in [4.78, 5) is 13.6. The predicted octanol–water partition coefficient (Wildman–Crippen LogP) is 13.5. The summed E-state index contributed by atoms with van der Waals surface area (Å²) >= 11 is 0. The smallest absolute Gasteiger partial charge is 0.375 e. The minimum Gasteiger partial charge on any atom is -0.497 e. The van der Waals surface area contributed by atoms with Crippen LogP contribution in [-0.2, 0) is 10.8 Å². The van der Waals surface area contributed by atoms with Crippen LogP contribution < -0.4 is 29.9 Å². The van der Waals surface area contributed by atoms with Crippen molar-refractivity contribution in [2.24, 2.45) is 10.2 Å². The van der Waals surface area contributed by atoms with Crippen LogP contribution in [0.4, 0.5) is 45.5 Å². The van der Waals surface area contributed by atoms with Crippen LogP contribution >= 0.6 is 0 Å². The largest absolute Gasteiger partial charge is 0.497 e. The summed E-state index contributed by atoms with van der Waals surface area (Å²) in [5.74, 6) is 1.65. The van der Waals surface area contributed by atoms with Crippen molar-refractivity contribution in [1.82, 2.24) is 0 Å². The van der Waals surface area contributed by atoms with Crippen molar-refractivity contribution >= 4 is 58.2 Å². The quantitative estimate of drug-likeness (QED) is 0.0351. The van der Waals surface area contributed by atoms with Crippen LogP contribution in [0.15, 0.2) is 179 Å². The molecule has 0 saturated heterocycles. The summed E-state index contributed by atoms with van der Waals surface area (Å²) in [5.41, 5.74) is 12.4. The van der Waals surface area contributed by atoms with E-state index < -0.39 is 0 Å². The Morgan fingerprint density at radius 2 is 0.828 bits per heavy atom. The van der Waals surface area contributed by atoms with Gasteiger partial charge in [-0.2, -0.15) is 9.80 Å². The molecular weight excluding hydrogens is 793 g/mol. The highest BCUT2D eigenvalue weighted by atomic mass is 16.5. The lowest BCUT2D eigenvalue weighted by molar-refractivity contribution is -0.0716. The van der Waals surface area contributed by atoms with Gasteiger partial charge in [-0.3, -0.25) is 0 Å². The third kappa shape index (κ3) is 9.54. The van der Waals surface area contributed by atoms with Gasteiger partial charge in [0, 0.05) is 44.1 Å². The first kappa shape index (κ1) is 43.0. The van der Waals surface area contributed by atoms with Crippen molar-refractivity contribution in [2.45, 2.75) is 64.2 Å². The molecule has 6 aromatic carbocycles. The molecule has 2 N–H and O–H groups in total. The van der Waals surface area contributed by atoms with E-state index in [9.17, 15) is 0 Å². The van der Waals surface area contributed by atoms with Crippen LogP contribution in [-0.4, -0.2) is 36.5 Å². The molecule has 8 rings (SSSR count). The highest BCUT2D eigenvalue weighted by Gasteiger charge is 2.46. The standard InChI is InChI=1S/C54H54N8O2/c1-53(2)47-15-11-13-17-49(47)61(37-55-59-43-25-21-39(22-26-43)57-41-29-33-45(63-5)34-30-41)51(53)19-9-7-8-10-20-52-54(3,4)48-16-12-14-18-50(48)62(52)38-56-60-44-27-23-40(24-28-44)58-42-31-35-46(64-6)36-32-42/h11-38H,7-10H2,1-6H3/p+2. The molecule has 2 aliphatic heterocycles. The summed E-state index contributed by atoms with van der Waals surface area (Å²) in [5, 5.41) is 16.0. The molecule has 0 radical (unpaired) electrons. The summed E-state index contributed by atoms with van der Waals surface area (Å²) in [6.07, 6.45) is 12.5. The fourth-order valence-corrected chi connectivity index (χ4v) is 8.48. The maximum absolute atomic E-state index is 5.27. The van der Waals surface area contributed by atoms with E-state index in [0.717, 1.165) is 82.7 Å². The van der Waals surface area contributed by atoms with Gasteiger partial charge >= 0.3 is 12.7 Å². The second-order valence-electron chi connectivity index (χ2n) is 17.0. The topological polar surface area (TPSA) is 102 Å². The fourth-order valence-electron chi connectivity index (χ4n) is 8.48. The molecule has 6 aromatic rings. The number of hydrogen-bond acceptors (Lipinski definition) is 6. The Bertz CT molecular complexity index is 2570. The first-order chi connectivity index (χ1) is 31.1. The second kappa shape index (κ2) is 19.2. The highest BCUT2D eigenvalue weighted by Crippen LogP contribution is 2.48. The first-order valence-electron chi connectivity index (χ1n) is 21.8. The van der Waals surface area contributed by atoms with Gasteiger partial charge in [-0.15, -0.1) is 0 Å². The molecule has 0 bridgehead atoms. The van der Waals surface area contributed by atoms with Crippen LogP contribution in [0.3, 0.4) is 0 Å². The van der Waals surface area contributed by atoms with Crippen molar-refractivity contribution < 1.29 is 19.1 Å². The van der Waals surface area contributed by atoms with E-state index >= 15 is 0 Å². The molecule has 10 nitrogen and oxygen atoms in total. The number of allylic oxidation sites excluding steroid dienone is 4. The van der Waals surface area contributed by atoms with Crippen molar-refractivity contribution in [2.75, 3.05) is 34.7 Å². The van der Waals surface area contributed by atoms with Crippen LogP contribution in [0.1, 0.15) is 64.5 Å². The Hall–Kier alpha value is -7.64. The third-order valence-electron chi connectivity index (χ3n) is 12.0. The van der Waals surface area contributed by atoms with Gasteiger partial charge in [0.1, 0.15) is 45.6 Å². The van der Waals surface area contributed by atoms with E-state index in [1.807, 2.05) is 110 Å². The zero-order valence-corrected chi connectivity index (χ0v) is 37.5. The third-order valence-corrected chi connectivity index (χ3v) is 12.0. The Balaban J connectivity index is 0.921. The monoisotopic (exact) mass is 848 g/mol. The lowest BCUT2D eigenvalue weighted by atomic mass is 9.83. The minimum atomic E-state index is -0.180. The van der Waals surface area contributed by atoms with Crippen molar-refractivity contribution in [1.29, 1.82) is 0 Å². The molecule has 64 heavy (non-hydrogen) atoms. The van der Waals surface area contributed by atoms with Gasteiger partial charge in [-0.25, -0.2) is 0 Å². The first-order valence-corrected chi connectivity index (χ1v) is 21.8. The molecule has 2 heterocycles. The van der Waals surface area contributed by atoms with E-state index in [1.165, 1.54) is 22.5 Å². The zero-order valence-electron chi connectivity index (χ0n) is 37.5. The van der Waals surface area contributed by atoms with Crippen LogP contribution in [0.25, 0.3) is 0 Å². The highest BCUT2D eigenvalue weighted by molar-refractivity contribution is 5.89. The molecule has 0 aromatic heterocycles. The number of nitrogens with zero attached hydrogens (tertiary/aromatic N) is 6. The van der Waals surface area contributed by atoms with E-state index in [1.54, 1.807) is 14.2 Å². The molecule has 0 amide bonds. The van der Waals surface area contributed by atoms with Crippen molar-refractivity contribution in [3.63, 3.8) is 0 Å². The van der Waals surface area contributed by atoms with Crippen molar-refractivity contribution in [3.8, 4) is 11.5 Å². The van der Waals surface area contributed by atoms with Gasteiger partial charge in [-0.1, -0.05) is 46.0 Å². The second-order valence-corrected chi connectivity index (χ2v) is 17.0. The average molecular weight is 849 g/mol. The van der Waals surface area contributed by atoms with E-state index in [2.05, 4.69) is 129 Å². The number of unbranched alkanes of at least 4 members (excludes halogenated alkanes) is 3. The molecule has 0 fully saturated rings. The number of fused-ring (bicyclic) bond motifs is 2. The van der Waals surface area contributed by atoms with Gasteiger partial charge in [-0.05, 0) is 175 Å². The molecule has 0 unspecified atom stereocenters. The Morgan fingerprint density at radius 1 is 0.484 bits per heavy atom.